The summed E-state index contributed by atoms with van der Waals surface area (Å²) in [6.45, 7) is 9.67. The van der Waals surface area contributed by atoms with Crippen LogP contribution in [0.2, 0.25) is 0 Å². The number of benzene rings is 1. The van der Waals surface area contributed by atoms with Gasteiger partial charge >= 0.3 is 0 Å². The van der Waals surface area contributed by atoms with Gasteiger partial charge in [-0.25, -0.2) is 0 Å². The van der Waals surface area contributed by atoms with E-state index in [4.69, 9.17) is 9.26 Å². The maximum atomic E-state index is 9.93. The summed E-state index contributed by atoms with van der Waals surface area (Å²) in [5.74, 6) is 0.0509. The van der Waals surface area contributed by atoms with Gasteiger partial charge in [0.05, 0.1) is 13.2 Å². The highest BCUT2D eigenvalue weighted by molar-refractivity contribution is 7.09. The Morgan fingerprint density at radius 3 is 2.26 bits per heavy atom. The molecule has 2 atom stereocenters. The van der Waals surface area contributed by atoms with Crippen LogP contribution in [-0.4, -0.2) is 19.5 Å². The van der Waals surface area contributed by atoms with Gasteiger partial charge in [0, 0.05) is 22.0 Å². The number of aldehydes is 1. The van der Waals surface area contributed by atoms with Gasteiger partial charge in [0.25, 0.3) is 0 Å². The minimum absolute atomic E-state index is 0.0509. The van der Waals surface area contributed by atoms with Crippen molar-refractivity contribution in [1.29, 1.82) is 0 Å². The van der Waals surface area contributed by atoms with E-state index in [1.807, 2.05) is 58.0 Å². The Bertz CT molecular complexity index is 278. The summed E-state index contributed by atoms with van der Waals surface area (Å²) in [6, 6.07) is 10.1. The molecular weight excluding hydrogens is 259 g/mol. The van der Waals surface area contributed by atoms with Crippen molar-refractivity contribution >= 4 is 15.8 Å². The molecule has 0 aliphatic rings. The molecule has 1 aromatic carbocycles. The van der Waals surface area contributed by atoms with E-state index in [1.54, 1.807) is 0 Å². The molecular formula is C15H27O3P. The molecule has 0 aliphatic carbocycles. The Balaban J connectivity index is 0. The lowest BCUT2D eigenvalue weighted by atomic mass is 10.2. The van der Waals surface area contributed by atoms with Crippen molar-refractivity contribution in [3.05, 3.63) is 35.9 Å². The molecule has 0 spiro atoms. The van der Waals surface area contributed by atoms with Gasteiger partial charge < -0.3 is 14.1 Å². The van der Waals surface area contributed by atoms with Gasteiger partial charge in [-0.3, -0.25) is 0 Å². The first-order valence-electron chi connectivity index (χ1n) is 6.63. The minimum atomic E-state index is 0.0509. The lowest BCUT2D eigenvalue weighted by Crippen LogP contribution is -2.05. The number of hydrogen-bond acceptors (Lipinski definition) is 3. The van der Waals surface area contributed by atoms with Gasteiger partial charge in [-0.2, -0.15) is 0 Å². The normalized spacial score (nSPS) is 10.4. The monoisotopic (exact) mass is 286 g/mol. The molecule has 110 valence electrons. The van der Waals surface area contributed by atoms with Crippen LogP contribution in [0.1, 0.15) is 33.3 Å². The molecule has 3 nitrogen and oxygen atoms in total. The third-order valence-electron chi connectivity index (χ3n) is 1.91. The molecule has 19 heavy (non-hydrogen) atoms. The van der Waals surface area contributed by atoms with E-state index in [1.165, 1.54) is 5.56 Å². The van der Waals surface area contributed by atoms with Crippen molar-refractivity contribution in [2.75, 3.05) is 13.2 Å². The SMILES string of the molecule is CC.CCOCC(C)C=O.POCc1ccccc1. The van der Waals surface area contributed by atoms with Crippen molar-refractivity contribution in [2.24, 2.45) is 5.92 Å². The largest absolute Gasteiger partial charge is 0.381 e. The first-order chi connectivity index (χ1) is 9.24. The summed E-state index contributed by atoms with van der Waals surface area (Å²) in [4.78, 5) is 9.93. The quantitative estimate of drug-likeness (QED) is 0.588. The lowest BCUT2D eigenvalue weighted by Gasteiger charge is -2.00. The maximum Gasteiger partial charge on any atom is 0.125 e. The minimum Gasteiger partial charge on any atom is -0.381 e. The Kier molecular flexibility index (Phi) is 18.7. The van der Waals surface area contributed by atoms with Crippen LogP contribution in [0.4, 0.5) is 0 Å². The third-order valence-corrected chi connectivity index (χ3v) is 2.08. The number of carbonyl (C=O) groups excluding carboxylic acids is 1. The van der Waals surface area contributed by atoms with Crippen LogP contribution in [0.3, 0.4) is 0 Å². The molecule has 0 saturated carbocycles. The standard InChI is InChI=1S/C7H9OP.C6H12O2.C2H6/c9-8-6-7-4-2-1-3-5-7;1-3-8-5-6(2)4-7;1-2/h1-5H,6,9H2;4,6H,3,5H2,1-2H3;1-2H3. The Morgan fingerprint density at radius 2 is 1.84 bits per heavy atom. The van der Waals surface area contributed by atoms with Crippen LogP contribution in [0.5, 0.6) is 0 Å². The van der Waals surface area contributed by atoms with Crippen LogP contribution in [0.25, 0.3) is 0 Å². The predicted octanol–water partition coefficient (Wildman–Crippen LogP) is 3.88. The van der Waals surface area contributed by atoms with Gasteiger partial charge in [-0.15, -0.1) is 0 Å². The number of carbonyl (C=O) groups is 1. The first-order valence-corrected chi connectivity index (χ1v) is 7.10. The summed E-state index contributed by atoms with van der Waals surface area (Å²) in [5.41, 5.74) is 1.20. The maximum absolute atomic E-state index is 9.93. The van der Waals surface area contributed by atoms with E-state index in [9.17, 15) is 4.79 Å². The molecule has 0 aliphatic heterocycles. The van der Waals surface area contributed by atoms with Crippen LogP contribution in [0.15, 0.2) is 30.3 Å². The summed E-state index contributed by atoms with van der Waals surface area (Å²) in [5, 5.41) is 0. The summed E-state index contributed by atoms with van der Waals surface area (Å²) in [6.07, 6.45) is 0.898. The zero-order valence-corrected chi connectivity index (χ0v) is 13.6. The smallest absolute Gasteiger partial charge is 0.125 e. The third kappa shape index (κ3) is 15.2. The van der Waals surface area contributed by atoms with Crippen molar-refractivity contribution in [3.63, 3.8) is 0 Å². The van der Waals surface area contributed by atoms with E-state index in [-0.39, 0.29) is 5.92 Å². The molecule has 0 fully saturated rings. The van der Waals surface area contributed by atoms with Crippen LogP contribution in [0, 0.1) is 5.92 Å². The van der Waals surface area contributed by atoms with E-state index < -0.39 is 0 Å². The lowest BCUT2D eigenvalue weighted by molar-refractivity contribution is -0.112. The van der Waals surface area contributed by atoms with Gasteiger partial charge in [0.2, 0.25) is 0 Å². The molecule has 0 saturated heterocycles. The molecule has 4 heteroatoms. The molecule has 2 unspecified atom stereocenters. The zero-order chi connectivity index (χ0) is 14.9. The number of hydrogen-bond donors (Lipinski definition) is 0. The second kappa shape index (κ2) is 17.2. The molecule has 0 aromatic heterocycles. The fourth-order valence-corrected chi connectivity index (χ4v) is 1.21. The number of ether oxygens (including phenoxy) is 1. The van der Waals surface area contributed by atoms with E-state index in [0.29, 0.717) is 19.8 Å². The molecule has 0 radical (unpaired) electrons. The van der Waals surface area contributed by atoms with E-state index >= 15 is 0 Å². The van der Waals surface area contributed by atoms with E-state index in [0.717, 1.165) is 6.29 Å². The van der Waals surface area contributed by atoms with Crippen LogP contribution >= 0.6 is 9.47 Å². The summed E-state index contributed by atoms with van der Waals surface area (Å²) < 4.78 is 9.80. The van der Waals surface area contributed by atoms with Crippen molar-refractivity contribution in [2.45, 2.75) is 34.3 Å². The fourth-order valence-electron chi connectivity index (χ4n) is 1.01. The highest BCUT2D eigenvalue weighted by Crippen LogP contribution is 2.01. The van der Waals surface area contributed by atoms with Gasteiger partial charge in [-0.1, -0.05) is 51.1 Å². The highest BCUT2D eigenvalue weighted by atomic mass is 31.0. The topological polar surface area (TPSA) is 35.5 Å². The van der Waals surface area contributed by atoms with Crippen molar-refractivity contribution < 1.29 is 14.1 Å². The molecule has 0 bridgehead atoms. The molecule has 1 rings (SSSR count). The van der Waals surface area contributed by atoms with E-state index in [2.05, 4.69) is 9.47 Å². The molecule has 0 heterocycles. The Labute approximate surface area is 120 Å². The van der Waals surface area contributed by atoms with Crippen molar-refractivity contribution in [1.82, 2.24) is 0 Å². The Morgan fingerprint density at radius 1 is 1.26 bits per heavy atom. The van der Waals surface area contributed by atoms with Crippen molar-refractivity contribution in [3.8, 4) is 0 Å². The molecule has 1 aromatic rings. The first kappa shape index (κ1) is 20.6. The summed E-state index contributed by atoms with van der Waals surface area (Å²) in [7, 11) is 2.23. The fraction of sp³-hybridized carbons (Fsp3) is 0.533. The Hall–Kier alpha value is -0.760. The van der Waals surface area contributed by atoms with Crippen LogP contribution in [-0.2, 0) is 20.7 Å². The van der Waals surface area contributed by atoms with Gasteiger partial charge in [0.15, 0.2) is 0 Å². The van der Waals surface area contributed by atoms with Gasteiger partial charge in [-0.05, 0) is 12.5 Å². The molecule has 0 N–H and O–H groups in total. The summed E-state index contributed by atoms with van der Waals surface area (Å²) >= 11 is 0. The second-order valence-corrected chi connectivity index (χ2v) is 3.90. The highest BCUT2D eigenvalue weighted by Gasteiger charge is 1.95. The average Bonchev–Trinajstić information content (AvgIpc) is 2.49. The number of rotatable bonds is 6. The van der Waals surface area contributed by atoms with Crippen LogP contribution < -0.4 is 0 Å². The predicted molar refractivity (Wildman–Crippen MR) is 84.0 cm³/mol. The average molecular weight is 286 g/mol. The van der Waals surface area contributed by atoms with Gasteiger partial charge in [0.1, 0.15) is 6.29 Å². The second-order valence-electron chi connectivity index (χ2n) is 3.57. The zero-order valence-electron chi connectivity index (χ0n) is 12.5. The molecule has 0 amide bonds.